The van der Waals surface area contributed by atoms with Gasteiger partial charge in [0.25, 0.3) is 0 Å². The molecule has 5 nitrogen and oxygen atoms in total. The number of imidazole rings is 1. The summed E-state index contributed by atoms with van der Waals surface area (Å²) in [7, 11) is 0. The lowest BCUT2D eigenvalue weighted by atomic mass is 10.1. The maximum absolute atomic E-state index is 13.8. The van der Waals surface area contributed by atoms with Crippen molar-refractivity contribution in [3.05, 3.63) is 41.7 Å². The van der Waals surface area contributed by atoms with Crippen molar-refractivity contribution in [2.24, 2.45) is 5.73 Å². The summed E-state index contributed by atoms with van der Waals surface area (Å²) >= 11 is 1.43. The van der Waals surface area contributed by atoms with Crippen molar-refractivity contribution in [3.63, 3.8) is 0 Å². The molecular weight excluding hydrogens is 289 g/mol. The SMILES string of the molecule is Cc1cc(Sc2ncnc3nc[nH]c23)c([C@H](C)N)cc1F. The van der Waals surface area contributed by atoms with Crippen LogP contribution in [0.3, 0.4) is 0 Å². The van der Waals surface area contributed by atoms with Crippen molar-refractivity contribution in [1.82, 2.24) is 19.9 Å². The maximum Gasteiger partial charge on any atom is 0.181 e. The standard InChI is InChI=1S/C14H14FN5S/c1-7-3-11(9(8(2)16)4-10(7)15)21-14-12-13(18-5-17-12)19-6-20-14/h3-6,8H,16H2,1-2H3,(H,17,18,19,20)/t8-/m0/s1. The van der Waals surface area contributed by atoms with Crippen LogP contribution in [0.1, 0.15) is 24.1 Å². The minimum atomic E-state index is -0.262. The van der Waals surface area contributed by atoms with E-state index in [-0.39, 0.29) is 11.9 Å². The van der Waals surface area contributed by atoms with Crippen molar-refractivity contribution in [1.29, 1.82) is 0 Å². The summed E-state index contributed by atoms with van der Waals surface area (Å²) in [5.74, 6) is -0.249. The highest BCUT2D eigenvalue weighted by atomic mass is 32.2. The molecule has 108 valence electrons. The lowest BCUT2D eigenvalue weighted by Gasteiger charge is -2.13. The van der Waals surface area contributed by atoms with Crippen LogP contribution in [0.2, 0.25) is 0 Å². The number of aromatic amines is 1. The highest BCUT2D eigenvalue weighted by molar-refractivity contribution is 7.99. The molecule has 2 heterocycles. The van der Waals surface area contributed by atoms with Gasteiger partial charge in [-0.1, -0.05) is 11.8 Å². The zero-order chi connectivity index (χ0) is 15.0. The van der Waals surface area contributed by atoms with Gasteiger partial charge in [0.1, 0.15) is 22.7 Å². The molecule has 21 heavy (non-hydrogen) atoms. The van der Waals surface area contributed by atoms with Gasteiger partial charge < -0.3 is 10.7 Å². The van der Waals surface area contributed by atoms with E-state index in [9.17, 15) is 4.39 Å². The average molecular weight is 303 g/mol. The summed E-state index contributed by atoms with van der Waals surface area (Å²) in [5.41, 5.74) is 8.66. The fraction of sp³-hybridized carbons (Fsp3) is 0.214. The first kappa shape index (κ1) is 14.0. The topological polar surface area (TPSA) is 80.5 Å². The van der Waals surface area contributed by atoms with Crippen LogP contribution in [-0.4, -0.2) is 19.9 Å². The third-order valence-corrected chi connectivity index (χ3v) is 4.25. The van der Waals surface area contributed by atoms with Gasteiger partial charge in [0.2, 0.25) is 0 Å². The Kier molecular flexibility index (Phi) is 3.60. The Morgan fingerprint density at radius 1 is 1.29 bits per heavy atom. The molecular formula is C14H14FN5S. The first-order valence-corrected chi connectivity index (χ1v) is 7.25. The first-order chi connectivity index (χ1) is 10.1. The van der Waals surface area contributed by atoms with Crippen LogP contribution >= 0.6 is 11.8 Å². The predicted octanol–water partition coefficient (Wildman–Crippen LogP) is 2.97. The average Bonchev–Trinajstić information content (AvgIpc) is 2.91. The molecule has 0 saturated carbocycles. The number of rotatable bonds is 3. The fourth-order valence-electron chi connectivity index (χ4n) is 2.04. The number of halogens is 1. The van der Waals surface area contributed by atoms with Crippen LogP contribution in [0.25, 0.3) is 11.2 Å². The third-order valence-electron chi connectivity index (χ3n) is 3.18. The Labute approximate surface area is 125 Å². The Morgan fingerprint density at radius 3 is 2.86 bits per heavy atom. The third kappa shape index (κ3) is 2.62. The van der Waals surface area contributed by atoms with Crippen molar-refractivity contribution in [2.75, 3.05) is 0 Å². The van der Waals surface area contributed by atoms with E-state index in [0.717, 1.165) is 21.0 Å². The first-order valence-electron chi connectivity index (χ1n) is 6.44. The van der Waals surface area contributed by atoms with Crippen LogP contribution in [0.5, 0.6) is 0 Å². The normalized spacial score (nSPS) is 12.8. The second-order valence-electron chi connectivity index (χ2n) is 4.81. The van der Waals surface area contributed by atoms with E-state index >= 15 is 0 Å². The minimum Gasteiger partial charge on any atom is -0.341 e. The van der Waals surface area contributed by atoms with Gasteiger partial charge in [0.05, 0.1) is 6.33 Å². The molecule has 1 atom stereocenters. The largest absolute Gasteiger partial charge is 0.341 e. The summed E-state index contributed by atoms with van der Waals surface area (Å²) < 4.78 is 13.8. The van der Waals surface area contributed by atoms with Crippen molar-refractivity contribution in [3.8, 4) is 0 Å². The van der Waals surface area contributed by atoms with Gasteiger partial charge in [-0.3, -0.25) is 0 Å². The Bertz CT molecular complexity index is 799. The molecule has 0 unspecified atom stereocenters. The monoisotopic (exact) mass is 303 g/mol. The molecule has 0 saturated heterocycles. The summed E-state index contributed by atoms with van der Waals surface area (Å²) in [6.07, 6.45) is 3.04. The number of aryl methyl sites for hydroxylation is 1. The zero-order valence-corrected chi connectivity index (χ0v) is 12.4. The number of hydrogen-bond acceptors (Lipinski definition) is 5. The fourth-order valence-corrected chi connectivity index (χ4v) is 3.20. The van der Waals surface area contributed by atoms with E-state index in [1.807, 2.05) is 6.92 Å². The molecule has 0 fully saturated rings. The molecule has 1 aromatic carbocycles. The summed E-state index contributed by atoms with van der Waals surface area (Å²) in [5, 5.41) is 0.741. The van der Waals surface area contributed by atoms with E-state index in [0.29, 0.717) is 11.2 Å². The molecule has 0 aliphatic rings. The van der Waals surface area contributed by atoms with Crippen molar-refractivity contribution in [2.45, 2.75) is 29.8 Å². The van der Waals surface area contributed by atoms with Gasteiger partial charge in [-0.15, -0.1) is 0 Å². The summed E-state index contributed by atoms with van der Waals surface area (Å²) in [4.78, 5) is 16.4. The molecule has 0 amide bonds. The van der Waals surface area contributed by atoms with Crippen LogP contribution in [0.4, 0.5) is 4.39 Å². The molecule has 0 radical (unpaired) electrons. The van der Waals surface area contributed by atoms with Crippen molar-refractivity contribution < 1.29 is 4.39 Å². The number of aromatic nitrogens is 4. The number of hydrogen-bond donors (Lipinski definition) is 2. The Balaban J connectivity index is 2.09. The molecule has 0 aliphatic carbocycles. The van der Waals surface area contributed by atoms with Gasteiger partial charge in [0, 0.05) is 10.9 Å². The molecule has 0 spiro atoms. The smallest absolute Gasteiger partial charge is 0.181 e. The van der Waals surface area contributed by atoms with Crippen molar-refractivity contribution >= 4 is 22.9 Å². The number of nitrogens with one attached hydrogen (secondary N) is 1. The number of nitrogens with zero attached hydrogens (tertiary/aromatic N) is 3. The van der Waals surface area contributed by atoms with Gasteiger partial charge in [0.15, 0.2) is 5.65 Å². The highest BCUT2D eigenvalue weighted by Crippen LogP contribution is 2.35. The second-order valence-corrected chi connectivity index (χ2v) is 5.84. The molecule has 3 N–H and O–H groups in total. The molecule has 0 aliphatic heterocycles. The number of benzene rings is 1. The van der Waals surface area contributed by atoms with E-state index in [1.54, 1.807) is 19.3 Å². The van der Waals surface area contributed by atoms with E-state index < -0.39 is 0 Å². The van der Waals surface area contributed by atoms with Gasteiger partial charge in [-0.2, -0.15) is 0 Å². The molecule has 3 rings (SSSR count). The number of H-pyrrole nitrogens is 1. The zero-order valence-electron chi connectivity index (χ0n) is 11.6. The van der Waals surface area contributed by atoms with E-state index in [1.165, 1.54) is 24.2 Å². The maximum atomic E-state index is 13.8. The van der Waals surface area contributed by atoms with Crippen LogP contribution in [0, 0.1) is 12.7 Å². The Morgan fingerprint density at radius 2 is 2.10 bits per heavy atom. The van der Waals surface area contributed by atoms with Crippen LogP contribution in [-0.2, 0) is 0 Å². The Hall–Kier alpha value is -1.99. The second kappa shape index (κ2) is 5.42. The lowest BCUT2D eigenvalue weighted by molar-refractivity contribution is 0.610. The minimum absolute atomic E-state index is 0.249. The highest BCUT2D eigenvalue weighted by Gasteiger charge is 2.15. The van der Waals surface area contributed by atoms with Gasteiger partial charge >= 0.3 is 0 Å². The molecule has 2 aromatic heterocycles. The summed E-state index contributed by atoms with van der Waals surface area (Å²) in [6, 6.07) is 3.03. The molecule has 3 aromatic rings. The molecule has 7 heteroatoms. The number of nitrogens with two attached hydrogens (primary N) is 1. The van der Waals surface area contributed by atoms with E-state index in [4.69, 9.17) is 5.73 Å². The lowest BCUT2D eigenvalue weighted by Crippen LogP contribution is -2.07. The van der Waals surface area contributed by atoms with E-state index in [2.05, 4.69) is 19.9 Å². The van der Waals surface area contributed by atoms with Gasteiger partial charge in [-0.25, -0.2) is 19.3 Å². The van der Waals surface area contributed by atoms with Crippen LogP contribution < -0.4 is 5.73 Å². The molecule has 0 bridgehead atoms. The van der Waals surface area contributed by atoms with Crippen LogP contribution in [0.15, 0.2) is 34.7 Å². The quantitative estimate of drug-likeness (QED) is 0.727. The summed E-state index contributed by atoms with van der Waals surface area (Å²) in [6.45, 7) is 3.57. The predicted molar refractivity (Wildman–Crippen MR) is 79.5 cm³/mol. The van der Waals surface area contributed by atoms with Gasteiger partial charge in [-0.05, 0) is 37.1 Å². The number of fused-ring (bicyclic) bond motifs is 1.